The van der Waals surface area contributed by atoms with E-state index in [-0.39, 0.29) is 30.2 Å². The molecule has 0 unspecified atom stereocenters. The number of nitrogens with zero attached hydrogens (tertiary/aromatic N) is 1. The topological polar surface area (TPSA) is 99.8 Å². The molecule has 164 valence electrons. The highest BCUT2D eigenvalue weighted by Crippen LogP contribution is 2.16. The van der Waals surface area contributed by atoms with Gasteiger partial charge in [0.2, 0.25) is 11.8 Å². The van der Waals surface area contributed by atoms with Gasteiger partial charge in [-0.25, -0.2) is 0 Å². The fraction of sp³-hybridized carbons (Fsp3) is 0.348. The van der Waals surface area contributed by atoms with E-state index in [1.807, 2.05) is 13.8 Å². The Balaban J connectivity index is 1.50. The predicted molar refractivity (Wildman–Crippen MR) is 120 cm³/mol. The van der Waals surface area contributed by atoms with Crippen LogP contribution >= 0.6 is 0 Å². The number of rotatable bonds is 7. The highest BCUT2D eigenvalue weighted by molar-refractivity contribution is 5.98. The van der Waals surface area contributed by atoms with Crippen LogP contribution in [0.1, 0.15) is 24.2 Å². The largest absolute Gasteiger partial charge is 0.378 e. The van der Waals surface area contributed by atoms with Crippen molar-refractivity contribution in [1.82, 2.24) is 4.90 Å². The van der Waals surface area contributed by atoms with Gasteiger partial charge in [-0.1, -0.05) is 19.9 Å². The summed E-state index contributed by atoms with van der Waals surface area (Å²) < 4.78 is 5.28. The summed E-state index contributed by atoms with van der Waals surface area (Å²) in [6, 6.07) is 14.1. The van der Waals surface area contributed by atoms with Gasteiger partial charge in [-0.05, 0) is 42.5 Å². The second-order valence-electron chi connectivity index (χ2n) is 7.61. The van der Waals surface area contributed by atoms with E-state index in [4.69, 9.17) is 4.74 Å². The number of nitrogens with one attached hydrogen (secondary N) is 3. The maximum atomic E-state index is 12.6. The first-order chi connectivity index (χ1) is 14.9. The SMILES string of the molecule is CC(C)C(=O)Nc1ccc(NCC(=O)Nc2cccc(C(=O)N3CCOCC3)c2)cc1. The molecule has 1 saturated heterocycles. The van der Waals surface area contributed by atoms with Crippen molar-refractivity contribution in [3.63, 3.8) is 0 Å². The molecule has 1 aliphatic heterocycles. The Labute approximate surface area is 182 Å². The van der Waals surface area contributed by atoms with E-state index >= 15 is 0 Å². The van der Waals surface area contributed by atoms with E-state index < -0.39 is 0 Å². The number of ether oxygens (including phenoxy) is 1. The maximum Gasteiger partial charge on any atom is 0.254 e. The van der Waals surface area contributed by atoms with Gasteiger partial charge in [0.15, 0.2) is 0 Å². The highest BCUT2D eigenvalue weighted by atomic mass is 16.5. The molecule has 3 rings (SSSR count). The predicted octanol–water partition coefficient (Wildman–Crippen LogP) is 2.80. The summed E-state index contributed by atoms with van der Waals surface area (Å²) in [6.45, 7) is 5.95. The number of anilines is 3. The smallest absolute Gasteiger partial charge is 0.254 e. The monoisotopic (exact) mass is 424 g/mol. The van der Waals surface area contributed by atoms with Crippen LogP contribution in [0.4, 0.5) is 17.1 Å². The molecule has 1 fully saturated rings. The molecule has 1 heterocycles. The van der Waals surface area contributed by atoms with E-state index in [0.717, 1.165) is 5.69 Å². The van der Waals surface area contributed by atoms with Crippen molar-refractivity contribution in [3.8, 4) is 0 Å². The van der Waals surface area contributed by atoms with Gasteiger partial charge >= 0.3 is 0 Å². The van der Waals surface area contributed by atoms with Gasteiger partial charge in [0.05, 0.1) is 19.8 Å². The van der Waals surface area contributed by atoms with Crippen molar-refractivity contribution in [2.75, 3.05) is 48.8 Å². The molecule has 8 nitrogen and oxygen atoms in total. The van der Waals surface area contributed by atoms with Crippen LogP contribution in [-0.2, 0) is 14.3 Å². The zero-order valence-electron chi connectivity index (χ0n) is 17.8. The van der Waals surface area contributed by atoms with Gasteiger partial charge in [-0.15, -0.1) is 0 Å². The quantitative estimate of drug-likeness (QED) is 0.635. The first-order valence-electron chi connectivity index (χ1n) is 10.3. The third-order valence-corrected chi connectivity index (χ3v) is 4.82. The van der Waals surface area contributed by atoms with Crippen LogP contribution in [-0.4, -0.2) is 55.5 Å². The molecular formula is C23H28N4O4. The summed E-state index contributed by atoms with van der Waals surface area (Å²) in [5.41, 5.74) is 2.56. The molecule has 0 atom stereocenters. The van der Waals surface area contributed by atoms with Crippen LogP contribution in [0.2, 0.25) is 0 Å². The molecule has 31 heavy (non-hydrogen) atoms. The van der Waals surface area contributed by atoms with Crippen LogP contribution < -0.4 is 16.0 Å². The molecule has 0 spiro atoms. The Morgan fingerprint density at radius 2 is 1.61 bits per heavy atom. The maximum absolute atomic E-state index is 12.6. The summed E-state index contributed by atoms with van der Waals surface area (Å²) >= 11 is 0. The average Bonchev–Trinajstić information content (AvgIpc) is 2.79. The zero-order chi connectivity index (χ0) is 22.2. The minimum atomic E-state index is -0.229. The van der Waals surface area contributed by atoms with Crippen molar-refractivity contribution in [2.24, 2.45) is 5.92 Å². The molecule has 0 saturated carbocycles. The zero-order valence-corrected chi connectivity index (χ0v) is 17.8. The molecule has 0 aromatic heterocycles. The molecule has 2 aromatic rings. The minimum Gasteiger partial charge on any atom is -0.378 e. The molecule has 0 radical (unpaired) electrons. The summed E-state index contributed by atoms with van der Waals surface area (Å²) in [6.07, 6.45) is 0. The van der Waals surface area contributed by atoms with Crippen LogP contribution in [0.15, 0.2) is 48.5 Å². The van der Waals surface area contributed by atoms with E-state index in [1.54, 1.807) is 53.4 Å². The van der Waals surface area contributed by atoms with E-state index in [0.29, 0.717) is 43.2 Å². The standard InChI is InChI=1S/C23H28N4O4/c1-16(2)22(29)26-19-8-6-18(7-9-19)24-15-21(28)25-20-5-3-4-17(14-20)23(30)27-10-12-31-13-11-27/h3-9,14,16,24H,10-13,15H2,1-2H3,(H,25,28)(H,26,29). The molecule has 0 bridgehead atoms. The van der Waals surface area contributed by atoms with E-state index in [9.17, 15) is 14.4 Å². The van der Waals surface area contributed by atoms with Crippen molar-refractivity contribution < 1.29 is 19.1 Å². The third-order valence-electron chi connectivity index (χ3n) is 4.82. The van der Waals surface area contributed by atoms with Crippen LogP contribution in [0.5, 0.6) is 0 Å². The van der Waals surface area contributed by atoms with Crippen LogP contribution in [0.3, 0.4) is 0 Å². The highest BCUT2D eigenvalue weighted by Gasteiger charge is 2.18. The molecule has 3 amide bonds. The van der Waals surface area contributed by atoms with Crippen LogP contribution in [0.25, 0.3) is 0 Å². The van der Waals surface area contributed by atoms with Crippen molar-refractivity contribution in [2.45, 2.75) is 13.8 Å². The minimum absolute atomic E-state index is 0.0468. The number of hydrogen-bond acceptors (Lipinski definition) is 5. The van der Waals surface area contributed by atoms with Crippen molar-refractivity contribution in [3.05, 3.63) is 54.1 Å². The second kappa shape index (κ2) is 10.6. The Morgan fingerprint density at radius 1 is 0.935 bits per heavy atom. The number of morpholine rings is 1. The molecule has 3 N–H and O–H groups in total. The van der Waals surface area contributed by atoms with Gasteiger partial charge in [0.25, 0.3) is 5.91 Å². The first-order valence-corrected chi connectivity index (χ1v) is 10.3. The summed E-state index contributed by atoms with van der Waals surface area (Å²) in [4.78, 5) is 38.4. The lowest BCUT2D eigenvalue weighted by molar-refractivity contribution is -0.119. The number of carbonyl (C=O) groups is 3. The van der Waals surface area contributed by atoms with E-state index in [1.165, 1.54) is 0 Å². The Hall–Kier alpha value is -3.39. The fourth-order valence-corrected chi connectivity index (χ4v) is 3.02. The van der Waals surface area contributed by atoms with Gasteiger partial charge in [-0.2, -0.15) is 0 Å². The fourth-order valence-electron chi connectivity index (χ4n) is 3.02. The Bertz CT molecular complexity index is 921. The van der Waals surface area contributed by atoms with E-state index in [2.05, 4.69) is 16.0 Å². The number of hydrogen-bond donors (Lipinski definition) is 3. The lowest BCUT2D eigenvalue weighted by atomic mass is 10.1. The second-order valence-corrected chi connectivity index (χ2v) is 7.61. The van der Waals surface area contributed by atoms with Crippen LogP contribution in [0, 0.1) is 5.92 Å². The Kier molecular flexibility index (Phi) is 7.61. The number of benzene rings is 2. The third kappa shape index (κ3) is 6.55. The number of amides is 3. The molecule has 8 heteroatoms. The van der Waals surface area contributed by atoms with Gasteiger partial charge in [0.1, 0.15) is 0 Å². The number of carbonyl (C=O) groups excluding carboxylic acids is 3. The Morgan fingerprint density at radius 3 is 2.29 bits per heavy atom. The molecule has 1 aliphatic rings. The van der Waals surface area contributed by atoms with Crippen molar-refractivity contribution in [1.29, 1.82) is 0 Å². The van der Waals surface area contributed by atoms with Crippen molar-refractivity contribution >= 4 is 34.8 Å². The molecule has 2 aromatic carbocycles. The summed E-state index contributed by atoms with van der Waals surface area (Å²) in [5.74, 6) is -0.436. The lowest BCUT2D eigenvalue weighted by Gasteiger charge is -2.27. The summed E-state index contributed by atoms with van der Waals surface area (Å²) in [7, 11) is 0. The molecule has 0 aliphatic carbocycles. The van der Waals surface area contributed by atoms with Gasteiger partial charge in [0, 0.05) is 41.6 Å². The first kappa shape index (κ1) is 22.3. The summed E-state index contributed by atoms with van der Waals surface area (Å²) in [5, 5.41) is 8.67. The van der Waals surface area contributed by atoms with Gasteiger partial charge in [-0.3, -0.25) is 14.4 Å². The molecular weight excluding hydrogens is 396 g/mol. The van der Waals surface area contributed by atoms with Gasteiger partial charge < -0.3 is 25.6 Å². The average molecular weight is 425 g/mol. The lowest BCUT2D eigenvalue weighted by Crippen LogP contribution is -2.40. The normalized spacial score (nSPS) is 13.6.